The molecule has 0 aliphatic carbocycles. The van der Waals surface area contributed by atoms with E-state index in [1.165, 1.54) is 64.0 Å². The topological polar surface area (TPSA) is 156 Å². The minimum Gasteiger partial charge on any atom is -0.458 e. The van der Waals surface area contributed by atoms with Crippen molar-refractivity contribution in [1.29, 1.82) is 0 Å². The van der Waals surface area contributed by atoms with Crippen LogP contribution in [-0.2, 0) is 40.6 Å². The van der Waals surface area contributed by atoms with Crippen molar-refractivity contribution >= 4 is 49.4 Å². The summed E-state index contributed by atoms with van der Waals surface area (Å²) in [6.45, 7) is 4.44. The van der Waals surface area contributed by atoms with Crippen molar-refractivity contribution < 1.29 is 45.1 Å². The number of carbonyl (C=O) groups excluding carboxylic acids is 3. The number of nitrogens with one attached hydrogen (secondary N) is 1. The Morgan fingerprint density at radius 1 is 1.12 bits per heavy atom. The van der Waals surface area contributed by atoms with Crippen molar-refractivity contribution in [2.24, 2.45) is 0 Å². The van der Waals surface area contributed by atoms with Crippen LogP contribution in [0, 0.1) is 5.82 Å². The average molecular weight is 662 g/mol. The molecule has 2 aromatic rings. The molecule has 2 aromatic carbocycles. The first-order valence-electron chi connectivity index (χ1n) is 13.0. The van der Waals surface area contributed by atoms with Gasteiger partial charge in [-0.3, -0.25) is 4.79 Å². The van der Waals surface area contributed by atoms with Gasteiger partial charge in [-0.25, -0.2) is 35.1 Å². The second-order valence-electron chi connectivity index (χ2n) is 11.0. The largest absolute Gasteiger partial charge is 0.458 e. The van der Waals surface area contributed by atoms with Crippen LogP contribution in [0.4, 0.5) is 9.18 Å². The Bertz CT molecular complexity index is 1590. The molecule has 12 nitrogen and oxygen atoms in total. The molecule has 1 N–H and O–H groups in total. The monoisotopic (exact) mass is 661 g/mol. The smallest absolute Gasteiger partial charge is 0.414 e. The standard InChI is InChI=1S/C27H33ClFN3O9S2/c1-27(2,3)41-25(34)21(15-17-9-11-18(12-10-17)40-26(35)31(4)5)32(24(33)20-16-42(36,37)14-13-30-20)43(38,39)22-8-6-7-19(28)23(22)29/h6-12,20-21,30H,13-16H2,1-5H3/t20?,21-/m0/s1. The third-order valence-corrected chi connectivity index (χ3v) is 9.86. The molecule has 0 aromatic heterocycles. The molecule has 1 aliphatic heterocycles. The molecule has 2 amide bonds. The van der Waals surface area contributed by atoms with Crippen molar-refractivity contribution in [2.75, 3.05) is 32.1 Å². The third-order valence-electron chi connectivity index (χ3n) is 6.08. The van der Waals surface area contributed by atoms with Gasteiger partial charge >= 0.3 is 12.1 Å². The molecular weight excluding hydrogens is 629 g/mol. The van der Waals surface area contributed by atoms with Gasteiger partial charge in [-0.1, -0.05) is 29.8 Å². The Kier molecular flexibility index (Phi) is 10.5. The number of sulfonamides is 1. The van der Waals surface area contributed by atoms with E-state index in [0.717, 1.165) is 18.2 Å². The summed E-state index contributed by atoms with van der Waals surface area (Å²) in [5.74, 6) is -4.69. The van der Waals surface area contributed by atoms with E-state index in [4.69, 9.17) is 21.1 Å². The Balaban J connectivity index is 2.16. The first-order valence-corrected chi connectivity index (χ1v) is 16.6. The zero-order valence-electron chi connectivity index (χ0n) is 24.2. The minimum absolute atomic E-state index is 0.148. The summed E-state index contributed by atoms with van der Waals surface area (Å²) < 4.78 is 78.8. The maximum Gasteiger partial charge on any atom is 0.414 e. The third kappa shape index (κ3) is 8.65. The molecule has 43 heavy (non-hydrogen) atoms. The van der Waals surface area contributed by atoms with E-state index >= 15 is 4.39 Å². The summed E-state index contributed by atoms with van der Waals surface area (Å²) in [7, 11) is -5.95. The molecule has 1 saturated heterocycles. The quantitative estimate of drug-likeness (QED) is 0.417. The van der Waals surface area contributed by atoms with Crippen LogP contribution in [0.3, 0.4) is 0 Å². The summed E-state index contributed by atoms with van der Waals surface area (Å²) in [5, 5.41) is 2.13. The number of sulfone groups is 1. The maximum absolute atomic E-state index is 15.1. The van der Waals surface area contributed by atoms with Crippen molar-refractivity contribution in [3.05, 3.63) is 58.9 Å². The number of ether oxygens (including phenoxy) is 2. The van der Waals surface area contributed by atoms with Gasteiger partial charge in [0.05, 0.1) is 16.5 Å². The molecule has 0 spiro atoms. The molecule has 0 bridgehead atoms. The Labute approximate surface area is 255 Å². The zero-order chi connectivity index (χ0) is 32.3. The number of hydrogen-bond acceptors (Lipinski definition) is 10. The number of benzene rings is 2. The van der Waals surface area contributed by atoms with Gasteiger partial charge in [0.1, 0.15) is 28.3 Å². The van der Waals surface area contributed by atoms with Crippen LogP contribution in [0.2, 0.25) is 5.02 Å². The van der Waals surface area contributed by atoms with E-state index in [0.29, 0.717) is 5.56 Å². The average Bonchev–Trinajstić information content (AvgIpc) is 2.88. The molecule has 0 saturated carbocycles. The first-order chi connectivity index (χ1) is 19.8. The summed E-state index contributed by atoms with van der Waals surface area (Å²) in [6.07, 6.45) is -1.11. The number of carbonyl (C=O) groups is 3. The van der Waals surface area contributed by atoms with Crippen LogP contribution in [0.5, 0.6) is 5.75 Å². The van der Waals surface area contributed by atoms with Crippen LogP contribution in [0.25, 0.3) is 0 Å². The minimum atomic E-state index is -5.18. The molecule has 2 atom stereocenters. The number of halogens is 2. The number of nitrogens with zero attached hydrogens (tertiary/aromatic N) is 2. The highest BCUT2D eigenvalue weighted by atomic mass is 35.5. The summed E-state index contributed by atoms with van der Waals surface area (Å²) in [6, 6.07) is 5.34. The normalized spacial score (nSPS) is 17.4. The second kappa shape index (κ2) is 13.2. The van der Waals surface area contributed by atoms with Gasteiger partial charge < -0.3 is 19.7 Å². The van der Waals surface area contributed by atoms with E-state index in [9.17, 15) is 31.2 Å². The summed E-state index contributed by atoms with van der Waals surface area (Å²) in [4.78, 5) is 39.7. The Morgan fingerprint density at radius 3 is 2.30 bits per heavy atom. The van der Waals surface area contributed by atoms with Gasteiger partial charge in [0.2, 0.25) is 0 Å². The SMILES string of the molecule is CN(C)C(=O)Oc1ccc(C[C@@H](C(=O)OC(C)(C)C)N(C(=O)C2CS(=O)(=O)CCN2)S(=O)(=O)c2cccc(Cl)c2F)cc1. The lowest BCUT2D eigenvalue weighted by Gasteiger charge is -2.35. The summed E-state index contributed by atoms with van der Waals surface area (Å²) in [5.41, 5.74) is -0.824. The van der Waals surface area contributed by atoms with Gasteiger partial charge in [0.25, 0.3) is 15.9 Å². The van der Waals surface area contributed by atoms with Crippen LogP contribution < -0.4 is 10.1 Å². The van der Waals surface area contributed by atoms with Gasteiger partial charge in [-0.2, -0.15) is 0 Å². The molecule has 1 unspecified atom stereocenters. The van der Waals surface area contributed by atoms with E-state index in [2.05, 4.69) is 5.32 Å². The molecule has 236 valence electrons. The highest BCUT2D eigenvalue weighted by Gasteiger charge is 2.46. The van der Waals surface area contributed by atoms with Gasteiger partial charge in [0.15, 0.2) is 15.7 Å². The van der Waals surface area contributed by atoms with E-state index in [-0.39, 0.29) is 22.4 Å². The fraction of sp³-hybridized carbons (Fsp3) is 0.444. The zero-order valence-corrected chi connectivity index (χ0v) is 26.6. The molecule has 1 aliphatic rings. The fourth-order valence-electron chi connectivity index (χ4n) is 4.07. The molecule has 1 heterocycles. The lowest BCUT2D eigenvalue weighted by Crippen LogP contribution is -2.60. The highest BCUT2D eigenvalue weighted by Crippen LogP contribution is 2.29. The molecular formula is C27H33ClFN3O9S2. The predicted molar refractivity (Wildman–Crippen MR) is 155 cm³/mol. The van der Waals surface area contributed by atoms with Crippen molar-refractivity contribution in [2.45, 2.75) is 49.8 Å². The molecule has 16 heteroatoms. The van der Waals surface area contributed by atoms with Crippen molar-refractivity contribution in [1.82, 2.24) is 14.5 Å². The van der Waals surface area contributed by atoms with Crippen LogP contribution >= 0.6 is 11.6 Å². The molecule has 1 fully saturated rings. The lowest BCUT2D eigenvalue weighted by atomic mass is 10.0. The Hall–Kier alpha value is -3.27. The van der Waals surface area contributed by atoms with Crippen LogP contribution in [0.1, 0.15) is 26.3 Å². The van der Waals surface area contributed by atoms with Gasteiger partial charge in [-0.15, -0.1) is 0 Å². The van der Waals surface area contributed by atoms with E-state index < -0.39 is 83.4 Å². The van der Waals surface area contributed by atoms with Crippen LogP contribution in [0.15, 0.2) is 47.4 Å². The highest BCUT2D eigenvalue weighted by molar-refractivity contribution is 7.91. The predicted octanol–water partition coefficient (Wildman–Crippen LogP) is 2.40. The maximum atomic E-state index is 15.1. The number of esters is 1. The first kappa shape index (κ1) is 34.2. The van der Waals surface area contributed by atoms with E-state index in [1.54, 1.807) is 0 Å². The number of hydrogen-bond donors (Lipinski definition) is 1. The summed E-state index contributed by atoms with van der Waals surface area (Å²) >= 11 is 5.85. The Morgan fingerprint density at radius 2 is 1.74 bits per heavy atom. The van der Waals surface area contributed by atoms with E-state index in [1.807, 2.05) is 0 Å². The molecule has 0 radical (unpaired) electrons. The fourth-order valence-corrected chi connectivity index (χ4v) is 7.32. The van der Waals surface area contributed by atoms with Gasteiger partial charge in [0, 0.05) is 27.1 Å². The van der Waals surface area contributed by atoms with Crippen molar-refractivity contribution in [3.8, 4) is 5.75 Å². The van der Waals surface area contributed by atoms with Crippen LogP contribution in [-0.4, -0.2) is 93.8 Å². The van der Waals surface area contributed by atoms with Crippen molar-refractivity contribution in [3.63, 3.8) is 0 Å². The molecule has 3 rings (SSSR count). The number of rotatable bonds is 8. The lowest BCUT2D eigenvalue weighted by molar-refractivity contribution is -0.162. The number of amides is 2. The van der Waals surface area contributed by atoms with Gasteiger partial charge in [-0.05, 0) is 50.6 Å². The second-order valence-corrected chi connectivity index (χ2v) is 15.4.